The van der Waals surface area contributed by atoms with Gasteiger partial charge in [0.2, 0.25) is 0 Å². The number of aryl methyl sites for hydroxylation is 1. The van der Waals surface area contributed by atoms with Gasteiger partial charge in [-0.3, -0.25) is 4.79 Å². The van der Waals surface area contributed by atoms with Gasteiger partial charge in [0, 0.05) is 31.7 Å². The molecule has 0 saturated carbocycles. The molecule has 3 aromatic rings. The van der Waals surface area contributed by atoms with E-state index in [9.17, 15) is 14.4 Å². The van der Waals surface area contributed by atoms with Crippen LogP contribution in [0.2, 0.25) is 0 Å². The summed E-state index contributed by atoms with van der Waals surface area (Å²) in [6, 6.07) is 13.5. The number of methoxy groups -OCH3 is 1. The van der Waals surface area contributed by atoms with Crippen molar-refractivity contribution in [3.8, 4) is 11.5 Å². The zero-order chi connectivity index (χ0) is 22.9. The minimum absolute atomic E-state index is 0.0952. The first-order chi connectivity index (χ1) is 15.5. The second kappa shape index (κ2) is 11.1. The summed E-state index contributed by atoms with van der Waals surface area (Å²) in [4.78, 5) is 36.5. The van der Waals surface area contributed by atoms with Gasteiger partial charge in [0.05, 0.1) is 0 Å². The molecule has 0 aliphatic carbocycles. The number of benzene rings is 2. The Labute approximate surface area is 185 Å². The van der Waals surface area contributed by atoms with Gasteiger partial charge in [0.15, 0.2) is 6.61 Å². The molecule has 1 aromatic heterocycles. The predicted octanol–water partition coefficient (Wildman–Crippen LogP) is 3.11. The number of carbonyl (C=O) groups excluding carboxylic acids is 2. The third-order valence-corrected chi connectivity index (χ3v) is 4.68. The maximum atomic E-state index is 12.2. The van der Waals surface area contributed by atoms with E-state index in [0.717, 1.165) is 6.42 Å². The number of carbonyl (C=O) groups is 2. The number of amides is 1. The van der Waals surface area contributed by atoms with Crippen LogP contribution in [0.25, 0.3) is 11.0 Å². The number of hydrogen-bond donors (Lipinski definition) is 1. The van der Waals surface area contributed by atoms with E-state index in [-0.39, 0.29) is 23.5 Å². The Bertz CT molecular complexity index is 1140. The third-order valence-electron chi connectivity index (χ3n) is 4.68. The van der Waals surface area contributed by atoms with Crippen molar-refractivity contribution < 1.29 is 28.2 Å². The van der Waals surface area contributed by atoms with Crippen LogP contribution in [0.1, 0.15) is 29.3 Å². The third kappa shape index (κ3) is 6.18. The molecule has 1 heterocycles. The summed E-state index contributed by atoms with van der Waals surface area (Å²) >= 11 is 0. The van der Waals surface area contributed by atoms with E-state index in [0.29, 0.717) is 30.7 Å². The summed E-state index contributed by atoms with van der Waals surface area (Å²) in [5.41, 5.74) is 0.503. The molecule has 0 aliphatic rings. The largest absolute Gasteiger partial charge is 0.482 e. The van der Waals surface area contributed by atoms with Gasteiger partial charge in [0.1, 0.15) is 22.6 Å². The van der Waals surface area contributed by atoms with E-state index in [1.807, 2.05) is 12.1 Å². The highest BCUT2D eigenvalue weighted by Gasteiger charge is 2.14. The molecule has 0 atom stereocenters. The van der Waals surface area contributed by atoms with Gasteiger partial charge in [-0.2, -0.15) is 0 Å². The van der Waals surface area contributed by atoms with E-state index >= 15 is 0 Å². The lowest BCUT2D eigenvalue weighted by atomic mass is 10.1. The maximum Gasteiger partial charge on any atom is 0.349 e. The van der Waals surface area contributed by atoms with E-state index in [4.69, 9.17) is 18.6 Å². The van der Waals surface area contributed by atoms with Crippen molar-refractivity contribution in [3.63, 3.8) is 0 Å². The Kier molecular flexibility index (Phi) is 7.99. The van der Waals surface area contributed by atoms with Crippen molar-refractivity contribution in [2.24, 2.45) is 0 Å². The fraction of sp³-hybridized carbons (Fsp3) is 0.292. The lowest BCUT2D eigenvalue weighted by Gasteiger charge is -2.08. The fourth-order valence-corrected chi connectivity index (χ4v) is 2.95. The first-order valence-electron chi connectivity index (χ1n) is 10.3. The number of hydrogen-bond acceptors (Lipinski definition) is 7. The first kappa shape index (κ1) is 23.0. The molecule has 8 nitrogen and oxygen atoms in total. The SMILES string of the molecule is CCc1ccc(OCC(=O)Oc2ccc3cc(C(=O)NCCCOC)c(=O)oc3c2)cc1. The van der Waals surface area contributed by atoms with Gasteiger partial charge in [-0.1, -0.05) is 19.1 Å². The number of nitrogens with one attached hydrogen (secondary N) is 1. The highest BCUT2D eigenvalue weighted by atomic mass is 16.6. The van der Waals surface area contributed by atoms with Crippen molar-refractivity contribution in [1.29, 1.82) is 0 Å². The van der Waals surface area contributed by atoms with Crippen molar-refractivity contribution in [3.05, 3.63) is 70.1 Å². The zero-order valence-corrected chi connectivity index (χ0v) is 18.0. The summed E-state index contributed by atoms with van der Waals surface area (Å²) < 4.78 is 20.9. The molecule has 32 heavy (non-hydrogen) atoms. The van der Waals surface area contributed by atoms with Gasteiger partial charge in [-0.25, -0.2) is 9.59 Å². The molecule has 0 aliphatic heterocycles. The molecule has 0 fully saturated rings. The average Bonchev–Trinajstić information content (AvgIpc) is 2.80. The van der Waals surface area contributed by atoms with Crippen molar-refractivity contribution >= 4 is 22.8 Å². The Morgan fingerprint density at radius 2 is 1.78 bits per heavy atom. The van der Waals surface area contributed by atoms with Crippen molar-refractivity contribution in [1.82, 2.24) is 5.32 Å². The highest BCUT2D eigenvalue weighted by molar-refractivity contribution is 5.96. The van der Waals surface area contributed by atoms with Crippen LogP contribution >= 0.6 is 0 Å². The smallest absolute Gasteiger partial charge is 0.349 e. The Morgan fingerprint density at radius 1 is 1.03 bits per heavy atom. The zero-order valence-electron chi connectivity index (χ0n) is 18.0. The van der Waals surface area contributed by atoms with Gasteiger partial charge >= 0.3 is 11.6 Å². The summed E-state index contributed by atoms with van der Waals surface area (Å²) in [5, 5.41) is 3.17. The summed E-state index contributed by atoms with van der Waals surface area (Å²) in [6.45, 7) is 2.67. The van der Waals surface area contributed by atoms with Gasteiger partial charge in [-0.05, 0) is 48.7 Å². The molecular formula is C24H25NO7. The molecule has 1 N–H and O–H groups in total. The first-order valence-corrected chi connectivity index (χ1v) is 10.3. The molecule has 0 unspecified atom stereocenters. The number of rotatable bonds is 10. The Hall–Kier alpha value is -3.65. The highest BCUT2D eigenvalue weighted by Crippen LogP contribution is 2.21. The van der Waals surface area contributed by atoms with Crippen LogP contribution in [0.4, 0.5) is 0 Å². The summed E-state index contributed by atoms with van der Waals surface area (Å²) in [7, 11) is 1.57. The van der Waals surface area contributed by atoms with E-state index < -0.39 is 17.5 Å². The summed E-state index contributed by atoms with van der Waals surface area (Å²) in [5.74, 6) is -0.348. The molecule has 0 spiro atoms. The normalized spacial score (nSPS) is 10.7. The monoisotopic (exact) mass is 439 g/mol. The van der Waals surface area contributed by atoms with Crippen molar-refractivity contribution in [2.45, 2.75) is 19.8 Å². The molecule has 0 saturated heterocycles. The maximum absolute atomic E-state index is 12.2. The minimum atomic E-state index is -0.774. The number of fused-ring (bicyclic) bond motifs is 1. The standard InChI is InChI=1S/C24H25NO7/c1-3-16-5-8-18(9-6-16)30-15-22(26)31-19-10-7-17-13-20(24(28)32-21(17)14-19)23(27)25-11-4-12-29-2/h5-10,13-14H,3-4,11-12,15H2,1-2H3,(H,25,27). The van der Waals surface area contributed by atoms with Gasteiger partial charge < -0.3 is 23.9 Å². The van der Waals surface area contributed by atoms with Crippen LogP contribution in [0.5, 0.6) is 11.5 Å². The predicted molar refractivity (Wildman–Crippen MR) is 118 cm³/mol. The summed E-state index contributed by atoms with van der Waals surface area (Å²) in [6.07, 6.45) is 1.55. The molecule has 2 aromatic carbocycles. The minimum Gasteiger partial charge on any atom is -0.482 e. The average molecular weight is 439 g/mol. The molecular weight excluding hydrogens is 414 g/mol. The van der Waals surface area contributed by atoms with E-state index in [1.54, 1.807) is 31.4 Å². The second-order valence-electron chi connectivity index (χ2n) is 7.01. The van der Waals surface area contributed by atoms with Gasteiger partial charge in [-0.15, -0.1) is 0 Å². The van der Waals surface area contributed by atoms with Crippen LogP contribution in [0, 0.1) is 0 Å². The topological polar surface area (TPSA) is 104 Å². The van der Waals surface area contributed by atoms with Crippen LogP contribution in [0.3, 0.4) is 0 Å². The molecule has 168 valence electrons. The molecule has 8 heteroatoms. The Morgan fingerprint density at radius 3 is 2.50 bits per heavy atom. The molecule has 0 radical (unpaired) electrons. The Balaban J connectivity index is 1.62. The quantitative estimate of drug-likeness (QED) is 0.224. The van der Waals surface area contributed by atoms with E-state index in [1.165, 1.54) is 17.7 Å². The van der Waals surface area contributed by atoms with Gasteiger partial charge in [0.25, 0.3) is 5.91 Å². The van der Waals surface area contributed by atoms with Crippen molar-refractivity contribution in [2.75, 3.05) is 26.9 Å². The van der Waals surface area contributed by atoms with Crippen LogP contribution in [-0.2, 0) is 16.0 Å². The number of ether oxygens (including phenoxy) is 3. The lowest BCUT2D eigenvalue weighted by Crippen LogP contribution is -2.29. The lowest BCUT2D eigenvalue weighted by molar-refractivity contribution is -0.136. The number of esters is 1. The fourth-order valence-electron chi connectivity index (χ4n) is 2.95. The molecule has 3 rings (SSSR count). The molecule has 0 bridgehead atoms. The van der Waals surface area contributed by atoms with Crippen LogP contribution in [-0.4, -0.2) is 38.7 Å². The van der Waals surface area contributed by atoms with Crippen LogP contribution in [0.15, 0.2) is 57.7 Å². The van der Waals surface area contributed by atoms with E-state index in [2.05, 4.69) is 12.2 Å². The second-order valence-corrected chi connectivity index (χ2v) is 7.01. The molecule has 1 amide bonds. The van der Waals surface area contributed by atoms with Crippen LogP contribution < -0.4 is 20.4 Å².